The molecule has 0 radical (unpaired) electrons. The van der Waals surface area contributed by atoms with Crippen LogP contribution in [0.25, 0.3) is 0 Å². The van der Waals surface area contributed by atoms with Gasteiger partial charge in [-0.2, -0.15) is 5.10 Å². The first-order valence-electron chi connectivity index (χ1n) is 7.31. The lowest BCUT2D eigenvalue weighted by Crippen LogP contribution is -2.37. The Morgan fingerprint density at radius 2 is 2.18 bits per heavy atom. The molecule has 0 aromatic carbocycles. The molecule has 1 aliphatic rings. The predicted molar refractivity (Wildman–Crippen MR) is 80.5 cm³/mol. The van der Waals surface area contributed by atoms with E-state index in [2.05, 4.69) is 31.2 Å². The molecule has 2 N–H and O–H groups in total. The fraction of sp³-hybridized carbons (Fsp3) is 0.500. The van der Waals surface area contributed by atoms with Gasteiger partial charge in [-0.1, -0.05) is 0 Å². The number of primary amides is 1. The minimum absolute atomic E-state index is 0.0584. The Balaban J connectivity index is 1.78. The van der Waals surface area contributed by atoms with Gasteiger partial charge in [0.05, 0.1) is 11.7 Å². The Morgan fingerprint density at radius 1 is 1.36 bits per heavy atom. The van der Waals surface area contributed by atoms with E-state index in [9.17, 15) is 4.79 Å². The number of hydrogen-bond donors (Lipinski definition) is 1. The van der Waals surface area contributed by atoms with Crippen LogP contribution in [0.5, 0.6) is 0 Å². The molecule has 1 saturated heterocycles. The number of nitrogens with zero attached hydrogens (tertiary/aromatic N) is 6. The molecule has 0 aliphatic carbocycles. The maximum Gasteiger partial charge on any atom is 0.288 e. The van der Waals surface area contributed by atoms with Gasteiger partial charge < -0.3 is 10.6 Å². The number of amides is 1. The molecule has 8 nitrogen and oxygen atoms in total. The summed E-state index contributed by atoms with van der Waals surface area (Å²) in [7, 11) is 0. The van der Waals surface area contributed by atoms with Crippen molar-refractivity contribution in [1.29, 1.82) is 0 Å². The van der Waals surface area contributed by atoms with E-state index < -0.39 is 5.91 Å². The van der Waals surface area contributed by atoms with E-state index in [1.165, 1.54) is 0 Å². The summed E-state index contributed by atoms with van der Waals surface area (Å²) in [6.07, 6.45) is 3.57. The lowest BCUT2D eigenvalue weighted by atomic mass is 10.1. The van der Waals surface area contributed by atoms with Crippen molar-refractivity contribution in [2.45, 2.75) is 32.7 Å². The highest BCUT2D eigenvalue weighted by Gasteiger charge is 2.24. The van der Waals surface area contributed by atoms with Crippen LogP contribution >= 0.6 is 0 Å². The fourth-order valence-electron chi connectivity index (χ4n) is 2.63. The number of rotatable bonds is 3. The van der Waals surface area contributed by atoms with Crippen LogP contribution in [0, 0.1) is 13.8 Å². The normalized spacial score (nSPS) is 18.5. The summed E-state index contributed by atoms with van der Waals surface area (Å²) in [4.78, 5) is 17.2. The van der Waals surface area contributed by atoms with Crippen LogP contribution < -0.4 is 10.6 Å². The van der Waals surface area contributed by atoms with Crippen LogP contribution in [0.3, 0.4) is 0 Å². The first kappa shape index (κ1) is 14.4. The SMILES string of the molecule is Cc1cc(N2CCCC(n3cnc(C(N)=O)n3)C2)nnc1C. The first-order chi connectivity index (χ1) is 10.5. The van der Waals surface area contributed by atoms with Gasteiger partial charge in [-0.05, 0) is 38.3 Å². The Hall–Kier alpha value is -2.51. The second-order valence-corrected chi connectivity index (χ2v) is 5.63. The van der Waals surface area contributed by atoms with Crippen molar-refractivity contribution in [3.8, 4) is 0 Å². The Bertz CT molecular complexity index is 696. The third kappa shape index (κ3) is 2.76. The third-order valence-corrected chi connectivity index (χ3v) is 4.04. The molecule has 1 atom stereocenters. The van der Waals surface area contributed by atoms with Crippen molar-refractivity contribution >= 4 is 11.7 Å². The molecule has 8 heteroatoms. The van der Waals surface area contributed by atoms with Gasteiger partial charge in [0.15, 0.2) is 5.82 Å². The van der Waals surface area contributed by atoms with Crippen molar-refractivity contribution in [1.82, 2.24) is 25.0 Å². The van der Waals surface area contributed by atoms with Crippen molar-refractivity contribution in [2.24, 2.45) is 5.73 Å². The molecule has 0 spiro atoms. The lowest BCUT2D eigenvalue weighted by Gasteiger charge is -2.33. The van der Waals surface area contributed by atoms with Gasteiger partial charge in [-0.25, -0.2) is 9.67 Å². The number of nitrogens with two attached hydrogens (primary N) is 1. The molecule has 1 amide bonds. The molecule has 0 bridgehead atoms. The molecule has 116 valence electrons. The van der Waals surface area contributed by atoms with Crippen molar-refractivity contribution < 1.29 is 4.79 Å². The van der Waals surface area contributed by atoms with Gasteiger partial charge in [0, 0.05) is 13.1 Å². The van der Waals surface area contributed by atoms with Gasteiger partial charge in [0.1, 0.15) is 6.33 Å². The van der Waals surface area contributed by atoms with E-state index in [4.69, 9.17) is 5.73 Å². The second-order valence-electron chi connectivity index (χ2n) is 5.63. The minimum atomic E-state index is -0.605. The van der Waals surface area contributed by atoms with E-state index in [1.54, 1.807) is 11.0 Å². The van der Waals surface area contributed by atoms with Gasteiger partial charge in [-0.15, -0.1) is 10.2 Å². The topological polar surface area (TPSA) is 103 Å². The summed E-state index contributed by atoms with van der Waals surface area (Å²) >= 11 is 0. The number of piperidine rings is 1. The quantitative estimate of drug-likeness (QED) is 0.891. The number of anilines is 1. The molecule has 1 aliphatic heterocycles. The zero-order chi connectivity index (χ0) is 15.7. The van der Waals surface area contributed by atoms with Crippen molar-refractivity contribution in [2.75, 3.05) is 18.0 Å². The van der Waals surface area contributed by atoms with Crippen LogP contribution in [0.15, 0.2) is 12.4 Å². The number of carbonyl (C=O) groups is 1. The molecule has 2 aromatic heterocycles. The molecule has 0 saturated carbocycles. The summed E-state index contributed by atoms with van der Waals surface area (Å²) in [5.74, 6) is 0.331. The minimum Gasteiger partial charge on any atom is -0.363 e. The number of hydrogen-bond acceptors (Lipinski definition) is 6. The molecule has 3 heterocycles. The number of aryl methyl sites for hydroxylation is 2. The Morgan fingerprint density at radius 3 is 2.86 bits per heavy atom. The van der Waals surface area contributed by atoms with E-state index in [0.717, 1.165) is 43.0 Å². The van der Waals surface area contributed by atoms with Gasteiger partial charge in [-0.3, -0.25) is 4.79 Å². The van der Waals surface area contributed by atoms with E-state index in [1.807, 2.05) is 13.8 Å². The predicted octanol–water partition coefficient (Wildman–Crippen LogP) is 0.625. The van der Waals surface area contributed by atoms with E-state index in [-0.39, 0.29) is 11.9 Å². The number of aromatic nitrogens is 5. The van der Waals surface area contributed by atoms with E-state index >= 15 is 0 Å². The molecule has 1 unspecified atom stereocenters. The van der Waals surface area contributed by atoms with Gasteiger partial charge in [0.2, 0.25) is 5.82 Å². The maximum atomic E-state index is 11.1. The molecular weight excluding hydrogens is 282 g/mol. The molecule has 2 aromatic rings. The van der Waals surface area contributed by atoms with Crippen LogP contribution in [0.1, 0.15) is 40.8 Å². The molecular formula is C14H19N7O. The highest BCUT2D eigenvalue weighted by atomic mass is 16.1. The number of carbonyl (C=O) groups excluding carboxylic acids is 1. The van der Waals surface area contributed by atoms with Crippen LogP contribution in [0.2, 0.25) is 0 Å². The highest BCUT2D eigenvalue weighted by Crippen LogP contribution is 2.24. The highest BCUT2D eigenvalue weighted by molar-refractivity contribution is 5.88. The zero-order valence-electron chi connectivity index (χ0n) is 12.7. The second kappa shape index (κ2) is 5.70. The molecule has 3 rings (SSSR count). The maximum absolute atomic E-state index is 11.1. The van der Waals surface area contributed by atoms with Crippen molar-refractivity contribution in [3.05, 3.63) is 29.5 Å². The average molecular weight is 301 g/mol. The van der Waals surface area contributed by atoms with Crippen LogP contribution in [-0.2, 0) is 0 Å². The Kier molecular flexibility index (Phi) is 3.74. The smallest absolute Gasteiger partial charge is 0.288 e. The third-order valence-electron chi connectivity index (χ3n) is 4.04. The Labute approximate surface area is 128 Å². The molecule has 1 fully saturated rings. The van der Waals surface area contributed by atoms with E-state index in [0.29, 0.717) is 0 Å². The lowest BCUT2D eigenvalue weighted by molar-refractivity contribution is 0.0990. The van der Waals surface area contributed by atoms with Crippen LogP contribution in [-0.4, -0.2) is 44.0 Å². The summed E-state index contributed by atoms with van der Waals surface area (Å²) in [6, 6.07) is 2.21. The van der Waals surface area contributed by atoms with Crippen LogP contribution in [0.4, 0.5) is 5.82 Å². The largest absolute Gasteiger partial charge is 0.363 e. The monoisotopic (exact) mass is 301 g/mol. The summed E-state index contributed by atoms with van der Waals surface area (Å²) in [5.41, 5.74) is 7.27. The van der Waals surface area contributed by atoms with Gasteiger partial charge >= 0.3 is 0 Å². The van der Waals surface area contributed by atoms with Crippen molar-refractivity contribution in [3.63, 3.8) is 0 Å². The molecule has 22 heavy (non-hydrogen) atoms. The standard InChI is InChI=1S/C14H19N7O/c1-9-6-12(18-17-10(9)2)20-5-3-4-11(7-20)21-8-16-14(19-21)13(15)22/h6,8,11H,3-5,7H2,1-2H3,(H2,15,22). The average Bonchev–Trinajstić information content (AvgIpc) is 3.00. The summed E-state index contributed by atoms with van der Waals surface area (Å²) < 4.78 is 1.72. The summed E-state index contributed by atoms with van der Waals surface area (Å²) in [6.45, 7) is 5.68. The van der Waals surface area contributed by atoms with Gasteiger partial charge in [0.25, 0.3) is 5.91 Å². The summed E-state index contributed by atoms with van der Waals surface area (Å²) in [5, 5.41) is 12.6. The first-order valence-corrected chi connectivity index (χ1v) is 7.31. The zero-order valence-corrected chi connectivity index (χ0v) is 12.7. The fourth-order valence-corrected chi connectivity index (χ4v) is 2.63.